The average molecular weight is 328 g/mol. The molecule has 0 aliphatic carbocycles. The molecule has 0 spiro atoms. The van der Waals surface area contributed by atoms with Gasteiger partial charge in [-0.15, -0.1) is 0 Å². The summed E-state index contributed by atoms with van der Waals surface area (Å²) in [4.78, 5) is 13.2. The Kier molecular flexibility index (Phi) is 6.01. The van der Waals surface area contributed by atoms with Crippen LogP contribution < -0.4 is 0 Å². The van der Waals surface area contributed by atoms with Crippen LogP contribution in [0.2, 0.25) is 0 Å². The van der Waals surface area contributed by atoms with Gasteiger partial charge in [0.1, 0.15) is 0 Å². The highest BCUT2D eigenvalue weighted by Gasteiger charge is 2.13. The molecule has 106 valence electrons. The Bertz CT molecular complexity index is 446. The summed E-state index contributed by atoms with van der Waals surface area (Å²) in [7, 11) is 2.10. The summed E-state index contributed by atoms with van der Waals surface area (Å²) in [6.07, 6.45) is 1.15. The van der Waals surface area contributed by atoms with Gasteiger partial charge >= 0.3 is 5.97 Å². The van der Waals surface area contributed by atoms with Gasteiger partial charge in [0.25, 0.3) is 0 Å². The minimum atomic E-state index is -0.895. The molecule has 1 aromatic carbocycles. The molecule has 0 amide bonds. The van der Waals surface area contributed by atoms with E-state index in [0.29, 0.717) is 17.5 Å². The van der Waals surface area contributed by atoms with Crippen LogP contribution in [0.4, 0.5) is 0 Å². The monoisotopic (exact) mass is 327 g/mol. The van der Waals surface area contributed by atoms with Gasteiger partial charge in [-0.2, -0.15) is 0 Å². The standard InChI is InChI=1S/C15H22BrNO2/c1-10(2)7-11(3)17(4)9-13-6-5-12(15(18)19)8-14(13)16/h5-6,8,10-11H,7,9H2,1-4H3,(H,18,19). The topological polar surface area (TPSA) is 40.5 Å². The first-order valence-electron chi connectivity index (χ1n) is 6.53. The van der Waals surface area contributed by atoms with E-state index in [1.807, 2.05) is 6.07 Å². The number of halogens is 1. The molecule has 0 heterocycles. The van der Waals surface area contributed by atoms with Crippen LogP contribution in [0.25, 0.3) is 0 Å². The Labute approximate surface area is 123 Å². The number of carboxylic acids is 1. The molecule has 1 aromatic rings. The van der Waals surface area contributed by atoms with Gasteiger partial charge in [0, 0.05) is 17.1 Å². The van der Waals surface area contributed by atoms with Gasteiger partial charge in [0.2, 0.25) is 0 Å². The Hall–Kier alpha value is -0.870. The molecule has 0 bridgehead atoms. The molecule has 19 heavy (non-hydrogen) atoms. The highest BCUT2D eigenvalue weighted by Crippen LogP contribution is 2.21. The van der Waals surface area contributed by atoms with Crippen LogP contribution in [-0.2, 0) is 6.54 Å². The van der Waals surface area contributed by atoms with E-state index in [1.165, 1.54) is 0 Å². The van der Waals surface area contributed by atoms with Crippen molar-refractivity contribution < 1.29 is 9.90 Å². The van der Waals surface area contributed by atoms with Crippen molar-refractivity contribution in [1.29, 1.82) is 0 Å². The third kappa shape index (κ3) is 4.96. The zero-order chi connectivity index (χ0) is 14.6. The van der Waals surface area contributed by atoms with Crippen LogP contribution in [0, 0.1) is 5.92 Å². The molecular formula is C15H22BrNO2. The summed E-state index contributed by atoms with van der Waals surface area (Å²) in [5.74, 6) is -0.218. The molecular weight excluding hydrogens is 306 g/mol. The van der Waals surface area contributed by atoms with Crippen molar-refractivity contribution in [2.75, 3.05) is 7.05 Å². The number of nitrogens with zero attached hydrogens (tertiary/aromatic N) is 1. The van der Waals surface area contributed by atoms with Gasteiger partial charge in [-0.05, 0) is 44.0 Å². The van der Waals surface area contributed by atoms with E-state index in [0.717, 1.165) is 23.0 Å². The van der Waals surface area contributed by atoms with Crippen LogP contribution in [0.1, 0.15) is 43.1 Å². The first-order valence-corrected chi connectivity index (χ1v) is 7.32. The predicted molar refractivity (Wildman–Crippen MR) is 81.5 cm³/mol. The maximum absolute atomic E-state index is 10.9. The maximum Gasteiger partial charge on any atom is 0.335 e. The average Bonchev–Trinajstić information content (AvgIpc) is 2.30. The molecule has 0 aliphatic heterocycles. The van der Waals surface area contributed by atoms with Crippen molar-refractivity contribution in [2.45, 2.75) is 39.8 Å². The van der Waals surface area contributed by atoms with Crippen molar-refractivity contribution in [3.63, 3.8) is 0 Å². The number of benzene rings is 1. The summed E-state index contributed by atoms with van der Waals surface area (Å²) in [5, 5.41) is 8.94. The third-order valence-electron chi connectivity index (χ3n) is 3.28. The van der Waals surface area contributed by atoms with Gasteiger partial charge in [-0.3, -0.25) is 4.90 Å². The zero-order valence-electron chi connectivity index (χ0n) is 12.0. The minimum Gasteiger partial charge on any atom is -0.478 e. The Morgan fingerprint density at radius 1 is 1.37 bits per heavy atom. The summed E-state index contributed by atoms with van der Waals surface area (Å²) >= 11 is 3.45. The molecule has 0 aromatic heterocycles. The zero-order valence-corrected chi connectivity index (χ0v) is 13.6. The second-order valence-corrected chi connectivity index (χ2v) is 6.36. The predicted octanol–water partition coefficient (Wildman–Crippen LogP) is 4.01. The lowest BCUT2D eigenvalue weighted by Gasteiger charge is -2.26. The van der Waals surface area contributed by atoms with E-state index in [-0.39, 0.29) is 0 Å². The number of rotatable bonds is 6. The molecule has 0 fully saturated rings. The fraction of sp³-hybridized carbons (Fsp3) is 0.533. The van der Waals surface area contributed by atoms with E-state index in [1.54, 1.807) is 12.1 Å². The Balaban J connectivity index is 2.74. The van der Waals surface area contributed by atoms with Crippen molar-refractivity contribution >= 4 is 21.9 Å². The largest absolute Gasteiger partial charge is 0.478 e. The van der Waals surface area contributed by atoms with Gasteiger partial charge in [-0.25, -0.2) is 4.79 Å². The molecule has 1 unspecified atom stereocenters. The number of hydrogen-bond acceptors (Lipinski definition) is 2. The fourth-order valence-corrected chi connectivity index (χ4v) is 2.60. The second-order valence-electron chi connectivity index (χ2n) is 5.51. The van der Waals surface area contributed by atoms with E-state index in [4.69, 9.17) is 5.11 Å². The molecule has 1 N–H and O–H groups in total. The Morgan fingerprint density at radius 3 is 2.47 bits per heavy atom. The first-order chi connectivity index (χ1) is 8.81. The SMILES string of the molecule is CC(C)CC(C)N(C)Cc1ccc(C(=O)O)cc1Br. The molecule has 0 saturated carbocycles. The number of hydrogen-bond donors (Lipinski definition) is 1. The van der Waals surface area contributed by atoms with Crippen molar-refractivity contribution in [2.24, 2.45) is 5.92 Å². The Morgan fingerprint density at radius 2 is 2.00 bits per heavy atom. The lowest BCUT2D eigenvalue weighted by molar-refractivity contribution is 0.0696. The number of aromatic carboxylic acids is 1. The van der Waals surface area contributed by atoms with Crippen molar-refractivity contribution in [1.82, 2.24) is 4.90 Å². The van der Waals surface area contributed by atoms with E-state index >= 15 is 0 Å². The normalized spacial score (nSPS) is 13.0. The molecule has 3 nitrogen and oxygen atoms in total. The van der Waals surface area contributed by atoms with Crippen LogP contribution in [-0.4, -0.2) is 29.1 Å². The molecule has 1 rings (SSSR count). The van der Waals surface area contributed by atoms with Crippen LogP contribution >= 0.6 is 15.9 Å². The fourth-order valence-electron chi connectivity index (χ4n) is 2.10. The molecule has 4 heteroatoms. The second kappa shape index (κ2) is 7.06. The number of carbonyl (C=O) groups is 1. The highest BCUT2D eigenvalue weighted by atomic mass is 79.9. The molecule has 0 aliphatic rings. The van der Waals surface area contributed by atoms with E-state index < -0.39 is 5.97 Å². The molecule has 0 radical (unpaired) electrons. The highest BCUT2D eigenvalue weighted by molar-refractivity contribution is 9.10. The smallest absolute Gasteiger partial charge is 0.335 e. The first kappa shape index (κ1) is 16.2. The maximum atomic E-state index is 10.9. The molecule has 1 atom stereocenters. The van der Waals surface area contributed by atoms with Gasteiger partial charge in [0.15, 0.2) is 0 Å². The van der Waals surface area contributed by atoms with Crippen molar-refractivity contribution in [3.8, 4) is 0 Å². The summed E-state index contributed by atoms with van der Waals surface area (Å²) in [6.45, 7) is 7.48. The van der Waals surface area contributed by atoms with Crippen LogP contribution in [0.15, 0.2) is 22.7 Å². The minimum absolute atomic E-state index is 0.313. The number of carboxylic acid groups (broad SMARTS) is 1. The summed E-state index contributed by atoms with van der Waals surface area (Å²) in [6, 6.07) is 5.71. The van der Waals surface area contributed by atoms with Crippen LogP contribution in [0.3, 0.4) is 0 Å². The van der Waals surface area contributed by atoms with E-state index in [2.05, 4.69) is 48.6 Å². The van der Waals surface area contributed by atoms with Gasteiger partial charge < -0.3 is 5.11 Å². The van der Waals surface area contributed by atoms with Gasteiger partial charge in [-0.1, -0.05) is 35.8 Å². The van der Waals surface area contributed by atoms with Crippen molar-refractivity contribution in [3.05, 3.63) is 33.8 Å². The van der Waals surface area contributed by atoms with Crippen LogP contribution in [0.5, 0.6) is 0 Å². The summed E-state index contributed by atoms with van der Waals surface area (Å²) < 4.78 is 0.857. The van der Waals surface area contributed by atoms with Gasteiger partial charge in [0.05, 0.1) is 5.56 Å². The summed E-state index contributed by atoms with van der Waals surface area (Å²) in [5.41, 5.74) is 1.43. The lowest BCUT2D eigenvalue weighted by Crippen LogP contribution is -2.29. The quantitative estimate of drug-likeness (QED) is 0.858. The third-order valence-corrected chi connectivity index (χ3v) is 4.02. The lowest BCUT2D eigenvalue weighted by atomic mass is 10.0. The van der Waals surface area contributed by atoms with E-state index in [9.17, 15) is 4.79 Å². The molecule has 0 saturated heterocycles.